The van der Waals surface area contributed by atoms with Gasteiger partial charge in [-0.2, -0.15) is 0 Å². The highest BCUT2D eigenvalue weighted by atomic mass is 16.6. The largest absolute Gasteiger partial charge is 0.444 e. The SMILES string of the molecule is CC.CNCc1cccc(-c2cccc(CN3CCN(C(=O)OC(C)(C)C)[C@@H](C)C3)c2)c1.O=CCCCC=O. The molecule has 0 unspecified atom stereocenters. The fraction of sp³-hybridized carbons (Fsp3) is 0.531. The van der Waals surface area contributed by atoms with Crippen molar-refractivity contribution in [1.82, 2.24) is 15.1 Å². The van der Waals surface area contributed by atoms with Gasteiger partial charge in [-0.1, -0.05) is 50.2 Å². The average Bonchev–Trinajstić information content (AvgIpc) is 2.90. The Morgan fingerprint density at radius 2 is 1.54 bits per heavy atom. The van der Waals surface area contributed by atoms with Crippen LogP contribution in [0.4, 0.5) is 4.79 Å². The van der Waals surface area contributed by atoms with Crippen molar-refractivity contribution in [1.29, 1.82) is 0 Å². The number of unbranched alkanes of at least 4 members (excludes halogenated alkanes) is 2. The summed E-state index contributed by atoms with van der Waals surface area (Å²) in [4.78, 5) is 35.8. The molecular weight excluding hydrogens is 490 g/mol. The quantitative estimate of drug-likeness (QED) is 0.307. The molecule has 0 aromatic heterocycles. The number of hydrogen-bond donors (Lipinski definition) is 1. The highest BCUT2D eigenvalue weighted by Crippen LogP contribution is 2.23. The zero-order valence-corrected chi connectivity index (χ0v) is 25.0. The van der Waals surface area contributed by atoms with E-state index in [1.54, 1.807) is 0 Å². The zero-order chi connectivity index (χ0) is 29.3. The van der Waals surface area contributed by atoms with Gasteiger partial charge in [-0.15, -0.1) is 0 Å². The van der Waals surface area contributed by atoms with E-state index in [2.05, 4.69) is 65.7 Å². The van der Waals surface area contributed by atoms with Crippen molar-refractivity contribution < 1.29 is 19.1 Å². The molecule has 0 saturated carbocycles. The van der Waals surface area contributed by atoms with Crippen molar-refractivity contribution in [3.8, 4) is 11.1 Å². The van der Waals surface area contributed by atoms with Gasteiger partial charge in [-0.25, -0.2) is 4.79 Å². The van der Waals surface area contributed by atoms with Gasteiger partial charge < -0.3 is 24.5 Å². The minimum absolute atomic E-state index is 0.134. The summed E-state index contributed by atoms with van der Waals surface area (Å²) in [7, 11) is 1.97. The molecular formula is C32H49N3O4. The van der Waals surface area contributed by atoms with Crippen molar-refractivity contribution >= 4 is 18.7 Å². The van der Waals surface area contributed by atoms with Gasteiger partial charge in [0.25, 0.3) is 0 Å². The summed E-state index contributed by atoms with van der Waals surface area (Å²) < 4.78 is 5.56. The number of nitrogens with zero attached hydrogens (tertiary/aromatic N) is 2. The molecule has 1 amide bonds. The molecule has 0 spiro atoms. The van der Waals surface area contributed by atoms with E-state index < -0.39 is 5.60 Å². The number of piperazine rings is 1. The number of carbonyl (C=O) groups excluding carboxylic acids is 3. The third kappa shape index (κ3) is 13.1. The van der Waals surface area contributed by atoms with Gasteiger partial charge >= 0.3 is 6.09 Å². The molecule has 1 aliphatic heterocycles. The lowest BCUT2D eigenvalue weighted by molar-refractivity contribution is -0.108. The van der Waals surface area contributed by atoms with Crippen LogP contribution in [0.2, 0.25) is 0 Å². The molecule has 2 aromatic rings. The first-order valence-electron chi connectivity index (χ1n) is 14.1. The van der Waals surface area contributed by atoms with E-state index in [1.165, 1.54) is 22.3 Å². The summed E-state index contributed by atoms with van der Waals surface area (Å²) in [5.74, 6) is 0. The zero-order valence-electron chi connectivity index (χ0n) is 25.0. The van der Waals surface area contributed by atoms with E-state index in [9.17, 15) is 14.4 Å². The van der Waals surface area contributed by atoms with E-state index in [0.717, 1.165) is 38.8 Å². The molecule has 0 bridgehead atoms. The van der Waals surface area contributed by atoms with Crippen LogP contribution in [-0.2, 0) is 27.4 Å². The van der Waals surface area contributed by atoms with Crippen LogP contribution in [0.25, 0.3) is 11.1 Å². The Hall–Kier alpha value is -3.03. The van der Waals surface area contributed by atoms with Crippen LogP contribution in [0.1, 0.15) is 71.9 Å². The molecule has 1 fully saturated rings. The Kier molecular flexibility index (Phi) is 15.9. The third-order valence-electron chi connectivity index (χ3n) is 5.96. The summed E-state index contributed by atoms with van der Waals surface area (Å²) in [5, 5.41) is 3.21. The summed E-state index contributed by atoms with van der Waals surface area (Å²) in [6.07, 6.45) is 3.16. The molecule has 1 atom stereocenters. The molecule has 0 radical (unpaired) electrons. The van der Waals surface area contributed by atoms with Gasteiger partial charge in [0.1, 0.15) is 18.2 Å². The second-order valence-electron chi connectivity index (χ2n) is 10.5. The van der Waals surface area contributed by atoms with Crippen molar-refractivity contribution in [2.24, 2.45) is 0 Å². The molecule has 1 aliphatic rings. The van der Waals surface area contributed by atoms with Crippen LogP contribution in [0.15, 0.2) is 48.5 Å². The summed E-state index contributed by atoms with van der Waals surface area (Å²) >= 11 is 0. The Morgan fingerprint density at radius 1 is 0.974 bits per heavy atom. The van der Waals surface area contributed by atoms with Gasteiger partial charge in [-0.3, -0.25) is 4.90 Å². The highest BCUT2D eigenvalue weighted by molar-refractivity contribution is 5.68. The van der Waals surface area contributed by atoms with E-state index >= 15 is 0 Å². The number of hydrogen-bond acceptors (Lipinski definition) is 6. The lowest BCUT2D eigenvalue weighted by Crippen LogP contribution is -2.54. The molecule has 39 heavy (non-hydrogen) atoms. The van der Waals surface area contributed by atoms with Gasteiger partial charge in [-0.05, 0) is 75.5 Å². The normalized spacial score (nSPS) is 15.3. The first kappa shape index (κ1) is 34.0. The fourth-order valence-corrected chi connectivity index (χ4v) is 4.23. The minimum Gasteiger partial charge on any atom is -0.444 e. The van der Waals surface area contributed by atoms with E-state index in [-0.39, 0.29) is 12.1 Å². The second kappa shape index (κ2) is 18.3. The molecule has 1 heterocycles. The molecule has 0 aliphatic carbocycles. The Bertz CT molecular complexity index is 995. The standard InChI is InChI=1S/C25H35N3O2.C5H8O2.C2H6/c1-19-17-27(12-13-28(19)24(29)30-25(2,3)4)18-21-9-7-11-23(15-21)22-10-6-8-20(14-22)16-26-5;6-4-2-1-3-5-7;1-2/h6-11,14-15,19,26H,12-13,16-18H2,1-5H3;4-5H,1-3H2;1-2H3/t19-;;/m0../s1. The lowest BCUT2D eigenvalue weighted by atomic mass is 10.0. The smallest absolute Gasteiger partial charge is 0.410 e. The van der Waals surface area contributed by atoms with Crippen molar-refractivity contribution in [2.45, 2.75) is 85.5 Å². The van der Waals surface area contributed by atoms with Crippen LogP contribution in [-0.4, -0.2) is 66.8 Å². The number of carbonyl (C=O) groups is 3. The van der Waals surface area contributed by atoms with Gasteiger partial charge in [0.2, 0.25) is 0 Å². The Labute approximate surface area is 235 Å². The highest BCUT2D eigenvalue weighted by Gasteiger charge is 2.30. The van der Waals surface area contributed by atoms with Crippen LogP contribution >= 0.6 is 0 Å². The molecule has 1 N–H and O–H groups in total. The number of ether oxygens (including phenoxy) is 1. The number of benzene rings is 2. The summed E-state index contributed by atoms with van der Waals surface area (Å²) in [6.45, 7) is 16.0. The van der Waals surface area contributed by atoms with Crippen molar-refractivity contribution in [2.75, 3.05) is 26.7 Å². The molecule has 216 valence electrons. The van der Waals surface area contributed by atoms with Crippen molar-refractivity contribution in [3.63, 3.8) is 0 Å². The monoisotopic (exact) mass is 539 g/mol. The lowest BCUT2D eigenvalue weighted by Gasteiger charge is -2.40. The topological polar surface area (TPSA) is 79.0 Å². The van der Waals surface area contributed by atoms with Crippen LogP contribution in [0.5, 0.6) is 0 Å². The van der Waals surface area contributed by atoms with E-state index in [4.69, 9.17) is 4.74 Å². The van der Waals surface area contributed by atoms with Gasteiger partial charge in [0.15, 0.2) is 0 Å². The van der Waals surface area contributed by atoms with Gasteiger partial charge in [0, 0.05) is 51.6 Å². The summed E-state index contributed by atoms with van der Waals surface area (Å²) in [6, 6.07) is 17.6. The van der Waals surface area contributed by atoms with Gasteiger partial charge in [0.05, 0.1) is 0 Å². The fourth-order valence-electron chi connectivity index (χ4n) is 4.23. The Balaban J connectivity index is 0.000000735. The third-order valence-corrected chi connectivity index (χ3v) is 5.96. The predicted octanol–water partition coefficient (Wildman–Crippen LogP) is 6.09. The molecule has 7 nitrogen and oxygen atoms in total. The van der Waals surface area contributed by atoms with Crippen LogP contribution in [0, 0.1) is 0 Å². The van der Waals surface area contributed by atoms with Crippen LogP contribution in [0.3, 0.4) is 0 Å². The number of amides is 1. The van der Waals surface area contributed by atoms with Crippen molar-refractivity contribution in [3.05, 3.63) is 59.7 Å². The maximum absolute atomic E-state index is 12.4. The van der Waals surface area contributed by atoms with E-state index in [0.29, 0.717) is 25.8 Å². The van der Waals surface area contributed by atoms with E-state index in [1.807, 2.05) is 46.6 Å². The minimum atomic E-state index is -0.459. The number of rotatable bonds is 9. The Morgan fingerprint density at radius 3 is 2.05 bits per heavy atom. The average molecular weight is 540 g/mol. The first-order chi connectivity index (χ1) is 18.7. The maximum atomic E-state index is 12.4. The molecule has 1 saturated heterocycles. The number of nitrogens with one attached hydrogen (secondary N) is 1. The second-order valence-corrected chi connectivity index (χ2v) is 10.5. The number of aldehydes is 2. The maximum Gasteiger partial charge on any atom is 0.410 e. The van der Waals surface area contributed by atoms with Crippen LogP contribution < -0.4 is 5.32 Å². The predicted molar refractivity (Wildman–Crippen MR) is 160 cm³/mol. The molecule has 3 rings (SSSR count). The molecule has 7 heteroatoms. The summed E-state index contributed by atoms with van der Waals surface area (Å²) in [5.41, 5.74) is 4.61. The molecule has 2 aromatic carbocycles. The first-order valence-corrected chi connectivity index (χ1v) is 14.1.